The summed E-state index contributed by atoms with van der Waals surface area (Å²) in [5.74, 6) is 0.782. The number of hydrogen-bond acceptors (Lipinski definition) is 2. The maximum Gasteiger partial charge on any atom is 0.210 e. The first-order chi connectivity index (χ1) is 6.84. The highest BCUT2D eigenvalue weighted by Crippen LogP contribution is 2.42. The summed E-state index contributed by atoms with van der Waals surface area (Å²) in [6, 6.07) is 1.97. The average molecular weight is 269 g/mol. The molecule has 0 fully saturated rings. The zero-order chi connectivity index (χ0) is 11.4. The maximum absolute atomic E-state index is 12.0. The van der Waals surface area contributed by atoms with E-state index in [2.05, 4.69) is 15.9 Å². The fraction of sp³-hybridized carbons (Fsp3) is 0.417. The molecule has 0 aromatic heterocycles. The molecule has 0 N–H and O–H groups in total. The molecule has 0 aliphatic carbocycles. The quantitative estimate of drug-likeness (QED) is 0.721. The Morgan fingerprint density at radius 3 is 2.53 bits per heavy atom. The summed E-state index contributed by atoms with van der Waals surface area (Å²) in [5, 5.41) is 0. The molecular formula is C12H13BrO2. The highest BCUT2D eigenvalue weighted by Gasteiger charge is 2.42. The van der Waals surface area contributed by atoms with E-state index in [4.69, 9.17) is 4.74 Å². The number of Topliss-reactive ketones (excluding diaryl/α,β-unsaturated/α-hetero) is 1. The van der Waals surface area contributed by atoms with Crippen molar-refractivity contribution < 1.29 is 9.53 Å². The van der Waals surface area contributed by atoms with Crippen molar-refractivity contribution in [3.63, 3.8) is 0 Å². The minimum Gasteiger partial charge on any atom is -0.479 e. The second-order valence-corrected chi connectivity index (χ2v) is 5.30. The van der Waals surface area contributed by atoms with Crippen molar-refractivity contribution in [1.29, 1.82) is 0 Å². The van der Waals surface area contributed by atoms with Crippen molar-refractivity contribution in [2.45, 2.75) is 33.3 Å². The minimum atomic E-state index is -0.733. The molecule has 1 aromatic rings. The van der Waals surface area contributed by atoms with Gasteiger partial charge in [0.15, 0.2) is 5.60 Å². The Balaban J connectivity index is 2.74. The van der Waals surface area contributed by atoms with Crippen LogP contribution in [0, 0.1) is 13.8 Å². The molecule has 1 heterocycles. The van der Waals surface area contributed by atoms with Gasteiger partial charge in [-0.1, -0.05) is 0 Å². The summed E-state index contributed by atoms with van der Waals surface area (Å²) in [4.78, 5) is 12.0. The van der Waals surface area contributed by atoms with Crippen molar-refractivity contribution in [3.05, 3.63) is 27.2 Å². The number of hydrogen-bond donors (Lipinski definition) is 0. The van der Waals surface area contributed by atoms with Gasteiger partial charge in [-0.25, -0.2) is 0 Å². The van der Waals surface area contributed by atoms with Crippen LogP contribution in [0.2, 0.25) is 0 Å². The minimum absolute atomic E-state index is 0.0486. The molecule has 0 saturated carbocycles. The van der Waals surface area contributed by atoms with Gasteiger partial charge in [-0.05, 0) is 60.8 Å². The molecule has 0 unspecified atom stereocenters. The highest BCUT2D eigenvalue weighted by molar-refractivity contribution is 9.10. The van der Waals surface area contributed by atoms with E-state index in [1.807, 2.05) is 19.9 Å². The van der Waals surface area contributed by atoms with E-state index in [1.54, 1.807) is 13.8 Å². The van der Waals surface area contributed by atoms with Gasteiger partial charge in [0.1, 0.15) is 5.75 Å². The SMILES string of the molecule is Cc1cc(Br)c2c(c1C)OC(C)(C)C2=O. The fourth-order valence-electron chi connectivity index (χ4n) is 1.79. The molecule has 1 aromatic carbocycles. The molecule has 2 nitrogen and oxygen atoms in total. The van der Waals surface area contributed by atoms with Gasteiger partial charge in [-0.2, -0.15) is 0 Å². The van der Waals surface area contributed by atoms with Crippen LogP contribution in [0.15, 0.2) is 10.5 Å². The number of ketones is 1. The van der Waals surface area contributed by atoms with E-state index >= 15 is 0 Å². The standard InChI is InChI=1S/C12H13BrO2/c1-6-5-8(13)9-10(7(6)2)15-12(3,4)11(9)14/h5H,1-4H3. The number of ether oxygens (including phenoxy) is 1. The summed E-state index contributed by atoms with van der Waals surface area (Å²) in [6.45, 7) is 7.60. The molecule has 0 radical (unpaired) electrons. The van der Waals surface area contributed by atoms with Crippen molar-refractivity contribution >= 4 is 21.7 Å². The molecule has 0 amide bonds. The predicted molar refractivity (Wildman–Crippen MR) is 62.7 cm³/mol. The Labute approximate surface area is 97.8 Å². The van der Waals surface area contributed by atoms with Crippen LogP contribution in [0.25, 0.3) is 0 Å². The summed E-state index contributed by atoms with van der Waals surface area (Å²) >= 11 is 3.42. The van der Waals surface area contributed by atoms with Crippen molar-refractivity contribution in [2.24, 2.45) is 0 Å². The van der Waals surface area contributed by atoms with Crippen LogP contribution in [0.1, 0.15) is 35.3 Å². The van der Waals surface area contributed by atoms with Gasteiger partial charge in [0.25, 0.3) is 0 Å². The van der Waals surface area contributed by atoms with Crippen molar-refractivity contribution in [3.8, 4) is 5.75 Å². The third-order valence-corrected chi connectivity index (χ3v) is 3.50. The van der Waals surface area contributed by atoms with Gasteiger partial charge in [-0.3, -0.25) is 4.79 Å². The van der Waals surface area contributed by atoms with Crippen LogP contribution in [0.4, 0.5) is 0 Å². The van der Waals surface area contributed by atoms with E-state index in [0.29, 0.717) is 5.56 Å². The first-order valence-electron chi connectivity index (χ1n) is 4.88. The Kier molecular flexibility index (Phi) is 2.19. The Morgan fingerprint density at radius 2 is 1.93 bits per heavy atom. The average Bonchev–Trinajstić information content (AvgIpc) is 2.35. The predicted octanol–water partition coefficient (Wildman–Crippen LogP) is 3.42. The number of fused-ring (bicyclic) bond motifs is 1. The number of rotatable bonds is 0. The summed E-state index contributed by atoms with van der Waals surface area (Å²) < 4.78 is 6.55. The molecular weight excluding hydrogens is 256 g/mol. The fourth-order valence-corrected chi connectivity index (χ4v) is 2.49. The van der Waals surface area contributed by atoms with E-state index in [0.717, 1.165) is 21.3 Å². The number of aryl methyl sites for hydroxylation is 1. The summed E-state index contributed by atoms with van der Waals surface area (Å²) in [7, 11) is 0. The lowest BCUT2D eigenvalue weighted by atomic mass is 9.97. The molecule has 0 saturated heterocycles. The smallest absolute Gasteiger partial charge is 0.210 e. The molecule has 80 valence electrons. The van der Waals surface area contributed by atoms with E-state index < -0.39 is 5.60 Å². The lowest BCUT2D eigenvalue weighted by Gasteiger charge is -2.16. The molecule has 0 spiro atoms. The normalized spacial score (nSPS) is 17.5. The first-order valence-corrected chi connectivity index (χ1v) is 5.67. The molecule has 15 heavy (non-hydrogen) atoms. The van der Waals surface area contributed by atoms with Gasteiger partial charge in [0.2, 0.25) is 5.78 Å². The highest BCUT2D eigenvalue weighted by atomic mass is 79.9. The second-order valence-electron chi connectivity index (χ2n) is 4.45. The van der Waals surface area contributed by atoms with Gasteiger partial charge in [-0.15, -0.1) is 0 Å². The third-order valence-electron chi connectivity index (χ3n) is 2.87. The van der Waals surface area contributed by atoms with Gasteiger partial charge < -0.3 is 4.74 Å². The lowest BCUT2D eigenvalue weighted by Crippen LogP contribution is -2.32. The van der Waals surface area contributed by atoms with Crippen LogP contribution in [0.3, 0.4) is 0 Å². The van der Waals surface area contributed by atoms with Crippen LogP contribution < -0.4 is 4.74 Å². The Hall–Kier alpha value is -0.830. The molecule has 0 atom stereocenters. The van der Waals surface area contributed by atoms with E-state index in [-0.39, 0.29) is 5.78 Å². The van der Waals surface area contributed by atoms with Gasteiger partial charge in [0.05, 0.1) is 5.56 Å². The van der Waals surface area contributed by atoms with Crippen LogP contribution in [-0.4, -0.2) is 11.4 Å². The van der Waals surface area contributed by atoms with Crippen molar-refractivity contribution in [2.75, 3.05) is 0 Å². The number of carbonyl (C=O) groups excluding carboxylic acids is 1. The van der Waals surface area contributed by atoms with Gasteiger partial charge in [0, 0.05) is 4.47 Å². The maximum atomic E-state index is 12.0. The molecule has 1 aliphatic heterocycles. The largest absolute Gasteiger partial charge is 0.479 e. The van der Waals surface area contributed by atoms with Crippen molar-refractivity contribution in [1.82, 2.24) is 0 Å². The van der Waals surface area contributed by atoms with Crippen LogP contribution >= 0.6 is 15.9 Å². The Bertz CT molecular complexity index is 461. The Morgan fingerprint density at radius 1 is 1.33 bits per heavy atom. The van der Waals surface area contributed by atoms with Crippen LogP contribution in [0.5, 0.6) is 5.75 Å². The van der Waals surface area contributed by atoms with E-state index in [9.17, 15) is 4.79 Å². The first kappa shape index (κ1) is 10.7. The molecule has 2 rings (SSSR count). The lowest BCUT2D eigenvalue weighted by molar-refractivity contribution is 0.0683. The van der Waals surface area contributed by atoms with Gasteiger partial charge >= 0.3 is 0 Å². The monoisotopic (exact) mass is 268 g/mol. The number of benzene rings is 1. The summed E-state index contributed by atoms with van der Waals surface area (Å²) in [6.07, 6.45) is 0. The number of halogens is 1. The molecule has 0 bridgehead atoms. The second kappa shape index (κ2) is 3.08. The zero-order valence-corrected chi connectivity index (χ0v) is 10.9. The summed E-state index contributed by atoms with van der Waals surface area (Å²) in [5.41, 5.74) is 2.13. The molecule has 1 aliphatic rings. The topological polar surface area (TPSA) is 26.3 Å². The zero-order valence-electron chi connectivity index (χ0n) is 9.27. The van der Waals surface area contributed by atoms with Crippen LogP contribution in [-0.2, 0) is 0 Å². The van der Waals surface area contributed by atoms with E-state index in [1.165, 1.54) is 0 Å². The molecule has 3 heteroatoms. The number of carbonyl (C=O) groups is 1. The third kappa shape index (κ3) is 1.41.